The molecule has 1 fully saturated rings. The van der Waals surface area contributed by atoms with E-state index in [1.165, 1.54) is 0 Å². The number of carbonyl (C=O) groups excluding carboxylic acids is 1. The fourth-order valence-electron chi connectivity index (χ4n) is 1.52. The Bertz CT molecular complexity index is 274. The van der Waals surface area contributed by atoms with E-state index in [9.17, 15) is 20.1 Å². The largest absolute Gasteiger partial charge is 0.387 e. The van der Waals surface area contributed by atoms with Gasteiger partial charge in [0.15, 0.2) is 12.4 Å². The number of rotatable bonds is 4. The molecule has 1 heterocycles. The van der Waals surface area contributed by atoms with Gasteiger partial charge >= 0.3 is 0 Å². The molecule has 1 rings (SSSR count). The van der Waals surface area contributed by atoms with Crippen LogP contribution in [0.1, 0.15) is 20.3 Å². The maximum absolute atomic E-state index is 11.0. The Morgan fingerprint density at radius 2 is 1.94 bits per heavy atom. The van der Waals surface area contributed by atoms with E-state index in [1.54, 1.807) is 6.92 Å². The van der Waals surface area contributed by atoms with Crippen molar-refractivity contribution in [2.45, 2.75) is 57.1 Å². The lowest BCUT2D eigenvalue weighted by Crippen LogP contribution is -2.61. The zero-order chi connectivity index (χ0) is 13.2. The highest BCUT2D eigenvalue weighted by atomic mass is 16.7. The SMILES string of the molecule is CCC(C)OC1OC(C(N)=O)[C@@H](O)C(O)[C@H]1O. The van der Waals surface area contributed by atoms with Crippen LogP contribution in [0, 0.1) is 0 Å². The minimum absolute atomic E-state index is 0.217. The van der Waals surface area contributed by atoms with Crippen LogP contribution in [0.5, 0.6) is 0 Å². The zero-order valence-electron chi connectivity index (χ0n) is 9.81. The van der Waals surface area contributed by atoms with Gasteiger partial charge < -0.3 is 30.5 Å². The third-order valence-corrected chi connectivity index (χ3v) is 2.79. The number of hydrogen-bond donors (Lipinski definition) is 4. The summed E-state index contributed by atoms with van der Waals surface area (Å²) in [4.78, 5) is 11.0. The minimum Gasteiger partial charge on any atom is -0.387 e. The summed E-state index contributed by atoms with van der Waals surface area (Å²) in [6, 6.07) is 0. The van der Waals surface area contributed by atoms with Gasteiger partial charge in [-0.05, 0) is 13.3 Å². The Morgan fingerprint density at radius 3 is 2.41 bits per heavy atom. The molecule has 7 heteroatoms. The lowest BCUT2D eigenvalue weighted by molar-refractivity contribution is -0.299. The number of aliphatic hydroxyl groups excluding tert-OH is 3. The molecule has 0 aromatic rings. The molecule has 0 aromatic heterocycles. The highest BCUT2D eigenvalue weighted by Gasteiger charge is 2.46. The molecule has 0 aromatic carbocycles. The van der Waals surface area contributed by atoms with Gasteiger partial charge in [-0.15, -0.1) is 0 Å². The first kappa shape index (κ1) is 14.3. The zero-order valence-corrected chi connectivity index (χ0v) is 9.81. The molecule has 0 spiro atoms. The fourth-order valence-corrected chi connectivity index (χ4v) is 1.52. The predicted octanol–water partition coefficient (Wildman–Crippen LogP) is -1.91. The van der Waals surface area contributed by atoms with Gasteiger partial charge in [0.1, 0.15) is 18.3 Å². The van der Waals surface area contributed by atoms with E-state index in [1.807, 2.05) is 6.92 Å². The Labute approximate surface area is 99.1 Å². The van der Waals surface area contributed by atoms with Crippen molar-refractivity contribution in [1.82, 2.24) is 0 Å². The molecular formula is C10H19NO6. The van der Waals surface area contributed by atoms with Crippen molar-refractivity contribution in [3.05, 3.63) is 0 Å². The molecule has 4 unspecified atom stereocenters. The third-order valence-electron chi connectivity index (χ3n) is 2.79. The maximum Gasteiger partial charge on any atom is 0.249 e. The van der Waals surface area contributed by atoms with E-state index >= 15 is 0 Å². The van der Waals surface area contributed by atoms with E-state index in [0.717, 1.165) is 0 Å². The Hall–Kier alpha value is -0.730. The number of hydrogen-bond acceptors (Lipinski definition) is 6. The summed E-state index contributed by atoms with van der Waals surface area (Å²) in [5.41, 5.74) is 5.02. The van der Waals surface area contributed by atoms with Gasteiger partial charge in [0.2, 0.25) is 5.91 Å². The molecule has 7 nitrogen and oxygen atoms in total. The second-order valence-electron chi connectivity index (χ2n) is 4.15. The first-order valence-corrected chi connectivity index (χ1v) is 5.52. The van der Waals surface area contributed by atoms with Crippen LogP contribution in [0.15, 0.2) is 0 Å². The summed E-state index contributed by atoms with van der Waals surface area (Å²) in [6.07, 6.45) is -6.62. The Kier molecular flexibility index (Phi) is 4.84. The van der Waals surface area contributed by atoms with E-state index in [0.29, 0.717) is 6.42 Å². The lowest BCUT2D eigenvalue weighted by Gasteiger charge is -2.39. The van der Waals surface area contributed by atoms with Crippen LogP contribution in [0.25, 0.3) is 0 Å². The molecule has 100 valence electrons. The van der Waals surface area contributed by atoms with Gasteiger partial charge in [0.05, 0.1) is 6.10 Å². The van der Waals surface area contributed by atoms with Crippen molar-refractivity contribution >= 4 is 5.91 Å². The van der Waals surface area contributed by atoms with Crippen molar-refractivity contribution in [2.24, 2.45) is 5.73 Å². The van der Waals surface area contributed by atoms with Gasteiger partial charge in [0, 0.05) is 0 Å². The van der Waals surface area contributed by atoms with Crippen LogP contribution in [-0.4, -0.2) is 58.0 Å². The Morgan fingerprint density at radius 1 is 1.35 bits per heavy atom. The minimum atomic E-state index is -1.56. The van der Waals surface area contributed by atoms with Crippen molar-refractivity contribution < 1.29 is 29.6 Å². The molecule has 0 bridgehead atoms. The van der Waals surface area contributed by atoms with E-state index < -0.39 is 36.6 Å². The smallest absolute Gasteiger partial charge is 0.249 e. The van der Waals surface area contributed by atoms with Gasteiger partial charge in [-0.2, -0.15) is 0 Å². The topological polar surface area (TPSA) is 122 Å². The van der Waals surface area contributed by atoms with E-state index in [-0.39, 0.29) is 6.10 Å². The first-order valence-electron chi connectivity index (χ1n) is 5.52. The van der Waals surface area contributed by atoms with Gasteiger partial charge in [-0.25, -0.2) is 0 Å². The number of nitrogens with two attached hydrogens (primary N) is 1. The van der Waals surface area contributed by atoms with Crippen molar-refractivity contribution in [3.63, 3.8) is 0 Å². The van der Waals surface area contributed by atoms with Crippen molar-refractivity contribution in [3.8, 4) is 0 Å². The predicted molar refractivity (Wildman–Crippen MR) is 56.7 cm³/mol. The quantitative estimate of drug-likeness (QED) is 0.461. The standard InChI is InChI=1S/C10H19NO6/c1-3-4(2)16-10-7(14)5(12)6(13)8(17-10)9(11)15/h4-8,10,12-14H,3H2,1-2H3,(H2,11,15)/t4?,5?,6-,7+,8?,10?/m0/s1. The summed E-state index contributed by atoms with van der Waals surface area (Å²) in [5, 5.41) is 28.7. The van der Waals surface area contributed by atoms with Crippen LogP contribution in [0.3, 0.4) is 0 Å². The van der Waals surface area contributed by atoms with Crippen molar-refractivity contribution in [1.29, 1.82) is 0 Å². The second-order valence-corrected chi connectivity index (χ2v) is 4.15. The van der Waals surface area contributed by atoms with Crippen molar-refractivity contribution in [2.75, 3.05) is 0 Å². The normalized spacial score (nSPS) is 39.9. The third kappa shape index (κ3) is 3.14. The van der Waals surface area contributed by atoms with Gasteiger partial charge in [-0.1, -0.05) is 6.92 Å². The summed E-state index contributed by atoms with van der Waals surface area (Å²) in [6.45, 7) is 3.63. The van der Waals surface area contributed by atoms with Crippen LogP contribution in [0.4, 0.5) is 0 Å². The number of aliphatic hydroxyl groups is 3. The molecule has 1 saturated heterocycles. The van der Waals surface area contributed by atoms with Gasteiger partial charge in [0.25, 0.3) is 0 Å². The van der Waals surface area contributed by atoms with Gasteiger partial charge in [-0.3, -0.25) is 4.79 Å². The Balaban J connectivity index is 2.74. The number of carbonyl (C=O) groups is 1. The molecule has 0 saturated carbocycles. The first-order chi connectivity index (χ1) is 7.88. The molecular weight excluding hydrogens is 230 g/mol. The highest BCUT2D eigenvalue weighted by Crippen LogP contribution is 2.23. The van der Waals surface area contributed by atoms with Crippen LogP contribution < -0.4 is 5.73 Å². The van der Waals surface area contributed by atoms with Crippen LogP contribution >= 0.6 is 0 Å². The molecule has 1 aliphatic rings. The summed E-state index contributed by atoms with van der Waals surface area (Å²) in [5.74, 6) is -0.916. The molecule has 17 heavy (non-hydrogen) atoms. The maximum atomic E-state index is 11.0. The lowest BCUT2D eigenvalue weighted by atomic mass is 9.98. The average molecular weight is 249 g/mol. The molecule has 1 aliphatic heterocycles. The van der Waals surface area contributed by atoms with E-state index in [4.69, 9.17) is 15.2 Å². The average Bonchev–Trinajstić information content (AvgIpc) is 2.29. The molecule has 0 radical (unpaired) electrons. The number of ether oxygens (including phenoxy) is 2. The number of amides is 1. The molecule has 1 amide bonds. The fraction of sp³-hybridized carbons (Fsp3) is 0.900. The molecule has 0 aliphatic carbocycles. The van der Waals surface area contributed by atoms with Crippen LogP contribution in [0.2, 0.25) is 0 Å². The summed E-state index contributed by atoms with van der Waals surface area (Å²) < 4.78 is 10.4. The monoisotopic (exact) mass is 249 g/mol. The second kappa shape index (κ2) is 5.74. The summed E-state index contributed by atoms with van der Waals surface area (Å²) >= 11 is 0. The van der Waals surface area contributed by atoms with Crippen LogP contribution in [-0.2, 0) is 14.3 Å². The van der Waals surface area contributed by atoms with E-state index in [2.05, 4.69) is 0 Å². The molecule has 5 N–H and O–H groups in total. The highest BCUT2D eigenvalue weighted by molar-refractivity contribution is 5.79. The number of primary amides is 1. The summed E-state index contributed by atoms with van der Waals surface area (Å²) in [7, 11) is 0. The molecule has 6 atom stereocenters.